The molecule has 0 saturated heterocycles. The van der Waals surface area contributed by atoms with Gasteiger partial charge in [-0.3, -0.25) is 0 Å². The Morgan fingerprint density at radius 3 is 2.10 bits per heavy atom. The number of carbonyl (C=O) groups is 1. The van der Waals surface area contributed by atoms with Crippen LogP contribution in [0.5, 0.6) is 0 Å². The van der Waals surface area contributed by atoms with Gasteiger partial charge in [0.25, 0.3) is 0 Å². The second-order valence-electron chi connectivity index (χ2n) is 1.77. The minimum Gasteiger partial charge on any atom is -0.479 e. The summed E-state index contributed by atoms with van der Waals surface area (Å²) in [6, 6.07) is 0. The molecule has 0 spiro atoms. The highest BCUT2D eigenvalue weighted by atomic mass is 19.3. The van der Waals surface area contributed by atoms with E-state index in [1.54, 1.807) is 0 Å². The summed E-state index contributed by atoms with van der Waals surface area (Å²) in [5.74, 6) is -1.68. The van der Waals surface area contributed by atoms with Crippen molar-refractivity contribution < 1.29 is 23.1 Å². The van der Waals surface area contributed by atoms with E-state index in [0.29, 0.717) is 0 Å². The van der Waals surface area contributed by atoms with Crippen LogP contribution < -0.4 is 0 Å². The van der Waals surface area contributed by atoms with Crippen LogP contribution in [0.25, 0.3) is 0 Å². The van der Waals surface area contributed by atoms with Crippen molar-refractivity contribution in [1.82, 2.24) is 0 Å². The quantitative estimate of drug-likeness (QED) is 0.668. The molecule has 0 heterocycles. The summed E-state index contributed by atoms with van der Waals surface area (Å²) < 4.78 is 34.6. The highest BCUT2D eigenvalue weighted by molar-refractivity contribution is 5.71. The molecule has 0 aromatic rings. The molecule has 0 aliphatic carbocycles. The van der Waals surface area contributed by atoms with E-state index in [9.17, 15) is 18.0 Å². The zero-order chi connectivity index (χ0) is 8.15. The molecule has 60 valence electrons. The highest BCUT2D eigenvalue weighted by Gasteiger charge is 2.17. The van der Waals surface area contributed by atoms with E-state index < -0.39 is 31.4 Å². The van der Waals surface area contributed by atoms with Crippen LogP contribution in [0, 0.1) is 0 Å². The van der Waals surface area contributed by atoms with Crippen molar-refractivity contribution in [2.75, 3.05) is 0 Å². The minimum absolute atomic E-state index is 0.618. The van der Waals surface area contributed by atoms with E-state index in [4.69, 9.17) is 5.11 Å². The lowest BCUT2D eigenvalue weighted by Gasteiger charge is -2.00. The van der Waals surface area contributed by atoms with Crippen molar-refractivity contribution in [3.63, 3.8) is 0 Å². The summed E-state index contributed by atoms with van der Waals surface area (Å²) >= 11 is 0. The van der Waals surface area contributed by atoms with Gasteiger partial charge in [-0.2, -0.15) is 0 Å². The van der Waals surface area contributed by atoms with Gasteiger partial charge in [0, 0.05) is 6.42 Å². The molecule has 0 amide bonds. The second kappa shape index (κ2) is 4.14. The third-order valence-corrected chi connectivity index (χ3v) is 0.906. The van der Waals surface area contributed by atoms with Crippen molar-refractivity contribution in [2.24, 2.45) is 0 Å². The zero-order valence-electron chi connectivity index (χ0n) is 5.06. The van der Waals surface area contributed by atoms with Crippen LogP contribution in [0.1, 0.15) is 12.8 Å². The smallest absolute Gasteiger partial charge is 0.338 e. The van der Waals surface area contributed by atoms with Gasteiger partial charge in [-0.25, -0.2) is 18.0 Å². The highest BCUT2D eigenvalue weighted by Crippen LogP contribution is 2.08. The summed E-state index contributed by atoms with van der Waals surface area (Å²) in [6.07, 6.45) is -6.10. The Morgan fingerprint density at radius 1 is 1.30 bits per heavy atom. The molecule has 2 nitrogen and oxygen atoms in total. The van der Waals surface area contributed by atoms with E-state index in [0.717, 1.165) is 0 Å². The first-order valence-electron chi connectivity index (χ1n) is 2.69. The number of hydrogen-bond acceptors (Lipinski definition) is 1. The third-order valence-electron chi connectivity index (χ3n) is 0.906. The van der Waals surface area contributed by atoms with Crippen LogP contribution in [-0.4, -0.2) is 23.7 Å². The molecule has 1 N–H and O–H groups in total. The molecular formula is C5H7F3O2. The Morgan fingerprint density at radius 2 is 1.80 bits per heavy atom. The molecule has 0 saturated carbocycles. The van der Waals surface area contributed by atoms with Crippen molar-refractivity contribution in [3.8, 4) is 0 Å². The van der Waals surface area contributed by atoms with E-state index >= 15 is 0 Å². The Balaban J connectivity index is 3.40. The number of carboxylic acid groups (broad SMARTS) is 1. The fourth-order valence-corrected chi connectivity index (χ4v) is 0.396. The van der Waals surface area contributed by atoms with Crippen molar-refractivity contribution in [3.05, 3.63) is 0 Å². The summed E-state index contributed by atoms with van der Waals surface area (Å²) in [5.41, 5.74) is 0. The van der Waals surface area contributed by atoms with Crippen molar-refractivity contribution in [2.45, 2.75) is 25.4 Å². The summed E-state index contributed by atoms with van der Waals surface area (Å²) in [4.78, 5) is 9.69. The van der Waals surface area contributed by atoms with Crippen LogP contribution in [0.2, 0.25) is 0 Å². The van der Waals surface area contributed by atoms with Crippen LogP contribution in [0.4, 0.5) is 13.2 Å². The molecule has 5 heteroatoms. The summed E-state index contributed by atoms with van der Waals surface area (Å²) in [7, 11) is 0. The van der Waals surface area contributed by atoms with Crippen LogP contribution in [0.15, 0.2) is 0 Å². The van der Waals surface area contributed by atoms with Gasteiger partial charge in [-0.1, -0.05) is 0 Å². The molecule has 0 aromatic heterocycles. The number of rotatable bonds is 4. The predicted octanol–water partition coefficient (Wildman–Crippen LogP) is 1.45. The lowest BCUT2D eigenvalue weighted by atomic mass is 10.2. The van der Waals surface area contributed by atoms with Gasteiger partial charge in [0.1, 0.15) is 0 Å². The maximum Gasteiger partial charge on any atom is 0.338 e. The molecule has 0 rings (SSSR count). The molecular weight excluding hydrogens is 149 g/mol. The average Bonchev–Trinajstić information content (AvgIpc) is 1.82. The predicted molar refractivity (Wildman–Crippen MR) is 27.8 cm³/mol. The fourth-order valence-electron chi connectivity index (χ4n) is 0.396. The van der Waals surface area contributed by atoms with Crippen molar-refractivity contribution in [1.29, 1.82) is 0 Å². The zero-order valence-corrected chi connectivity index (χ0v) is 5.06. The van der Waals surface area contributed by atoms with E-state index in [1.807, 2.05) is 0 Å². The van der Waals surface area contributed by atoms with Crippen LogP contribution >= 0.6 is 0 Å². The summed E-state index contributed by atoms with van der Waals surface area (Å²) in [5, 5.41) is 7.87. The molecule has 10 heavy (non-hydrogen) atoms. The SMILES string of the molecule is O=C(O)C(F)CCC(F)F. The molecule has 1 unspecified atom stereocenters. The third kappa shape index (κ3) is 4.17. The number of hydrogen-bond donors (Lipinski definition) is 1. The lowest BCUT2D eigenvalue weighted by Crippen LogP contribution is -2.15. The van der Waals surface area contributed by atoms with Gasteiger partial charge in [-0.05, 0) is 6.42 Å². The molecule has 1 atom stereocenters. The van der Waals surface area contributed by atoms with Crippen LogP contribution in [0.3, 0.4) is 0 Å². The maximum atomic E-state index is 12.0. The Kier molecular flexibility index (Phi) is 3.83. The number of halogens is 3. The second-order valence-corrected chi connectivity index (χ2v) is 1.77. The number of alkyl halides is 3. The van der Waals surface area contributed by atoms with Crippen molar-refractivity contribution >= 4 is 5.97 Å². The molecule has 0 aliphatic heterocycles. The fraction of sp³-hybridized carbons (Fsp3) is 0.800. The van der Waals surface area contributed by atoms with Crippen LogP contribution in [-0.2, 0) is 4.79 Å². The Bertz CT molecular complexity index is 115. The Hall–Kier alpha value is -0.740. The normalized spacial score (nSPS) is 13.6. The van der Waals surface area contributed by atoms with Gasteiger partial charge in [0.15, 0.2) is 6.17 Å². The van der Waals surface area contributed by atoms with E-state index in [1.165, 1.54) is 0 Å². The molecule has 0 fully saturated rings. The van der Waals surface area contributed by atoms with E-state index in [2.05, 4.69) is 0 Å². The Labute approximate surface area is 55.7 Å². The first-order valence-corrected chi connectivity index (χ1v) is 2.69. The van der Waals surface area contributed by atoms with Gasteiger partial charge in [-0.15, -0.1) is 0 Å². The van der Waals surface area contributed by atoms with Gasteiger partial charge in [0.05, 0.1) is 0 Å². The minimum atomic E-state index is -2.63. The topological polar surface area (TPSA) is 37.3 Å². The lowest BCUT2D eigenvalue weighted by molar-refractivity contribution is -0.143. The molecule has 0 aliphatic rings. The van der Waals surface area contributed by atoms with Gasteiger partial charge < -0.3 is 5.11 Å². The molecule has 0 aromatic carbocycles. The standard InChI is InChI=1S/C5H7F3O2/c6-3(5(9)10)1-2-4(7)8/h3-4H,1-2H2,(H,9,10). The maximum absolute atomic E-state index is 12.0. The van der Waals surface area contributed by atoms with E-state index in [-0.39, 0.29) is 0 Å². The average molecular weight is 156 g/mol. The molecule has 0 radical (unpaired) electrons. The molecule has 0 bridgehead atoms. The largest absolute Gasteiger partial charge is 0.479 e. The monoisotopic (exact) mass is 156 g/mol. The number of carboxylic acids is 1. The first-order chi connectivity index (χ1) is 4.54. The summed E-state index contributed by atoms with van der Waals surface area (Å²) in [6.45, 7) is 0. The first kappa shape index (κ1) is 9.26. The van der Waals surface area contributed by atoms with Gasteiger partial charge in [0.2, 0.25) is 6.43 Å². The number of aliphatic carboxylic acids is 1. The van der Waals surface area contributed by atoms with Gasteiger partial charge >= 0.3 is 5.97 Å².